The molecule has 0 saturated carbocycles. The second-order valence-corrected chi connectivity index (χ2v) is 8.90. The van der Waals surface area contributed by atoms with Crippen LogP contribution < -0.4 is 5.32 Å². The second-order valence-electron chi connectivity index (χ2n) is 6.61. The van der Waals surface area contributed by atoms with Crippen LogP contribution >= 0.6 is 22.7 Å². The topological polar surface area (TPSA) is 81.2 Å². The summed E-state index contributed by atoms with van der Waals surface area (Å²) in [5.74, 6) is -0.432. The third-order valence-corrected chi connectivity index (χ3v) is 5.84. The van der Waals surface area contributed by atoms with E-state index < -0.39 is 5.97 Å². The highest BCUT2D eigenvalue weighted by Crippen LogP contribution is 2.31. The van der Waals surface area contributed by atoms with Gasteiger partial charge in [0.05, 0.1) is 17.8 Å². The SMILES string of the molecule is COC(=O)c1nc(NC(=O)c2sc(C)nc2-c2ccccc2)sc1CC(C)C. The molecule has 28 heavy (non-hydrogen) atoms. The Labute approximate surface area is 171 Å². The van der Waals surface area contributed by atoms with Gasteiger partial charge in [-0.1, -0.05) is 44.2 Å². The van der Waals surface area contributed by atoms with Crippen molar-refractivity contribution in [3.63, 3.8) is 0 Å². The van der Waals surface area contributed by atoms with Crippen LogP contribution in [-0.2, 0) is 11.2 Å². The summed E-state index contributed by atoms with van der Waals surface area (Å²) in [5.41, 5.74) is 1.79. The Morgan fingerprint density at radius 2 is 1.86 bits per heavy atom. The molecule has 0 spiro atoms. The van der Waals surface area contributed by atoms with Gasteiger partial charge in [-0.15, -0.1) is 22.7 Å². The number of carbonyl (C=O) groups excluding carboxylic acids is 2. The fourth-order valence-corrected chi connectivity index (χ4v) is 4.69. The highest BCUT2D eigenvalue weighted by Gasteiger charge is 2.23. The minimum atomic E-state index is -0.494. The van der Waals surface area contributed by atoms with Gasteiger partial charge in [0.25, 0.3) is 5.91 Å². The molecule has 0 radical (unpaired) electrons. The number of ether oxygens (including phenoxy) is 1. The number of anilines is 1. The Hall–Kier alpha value is -2.58. The number of nitrogens with zero attached hydrogens (tertiary/aromatic N) is 2. The van der Waals surface area contributed by atoms with Gasteiger partial charge >= 0.3 is 5.97 Å². The first kappa shape index (κ1) is 20.2. The first-order chi connectivity index (χ1) is 13.4. The maximum atomic E-state index is 12.9. The first-order valence-corrected chi connectivity index (χ1v) is 10.4. The number of aryl methyl sites for hydroxylation is 1. The van der Waals surface area contributed by atoms with Gasteiger partial charge in [-0.25, -0.2) is 14.8 Å². The first-order valence-electron chi connectivity index (χ1n) is 8.81. The molecular weight excluding hydrogens is 394 g/mol. The number of carbonyl (C=O) groups is 2. The Bertz CT molecular complexity index is 994. The number of hydrogen-bond donors (Lipinski definition) is 1. The van der Waals surface area contributed by atoms with Gasteiger partial charge in [0.1, 0.15) is 4.88 Å². The summed E-state index contributed by atoms with van der Waals surface area (Å²) in [6.07, 6.45) is 0.687. The molecule has 2 heterocycles. The molecule has 2 aromatic heterocycles. The summed E-state index contributed by atoms with van der Waals surface area (Å²) in [7, 11) is 1.32. The highest BCUT2D eigenvalue weighted by molar-refractivity contribution is 7.16. The molecule has 0 saturated heterocycles. The summed E-state index contributed by atoms with van der Waals surface area (Å²) >= 11 is 2.63. The average molecular weight is 416 g/mol. The van der Waals surface area contributed by atoms with Gasteiger partial charge in [0, 0.05) is 10.4 Å². The van der Waals surface area contributed by atoms with E-state index in [9.17, 15) is 9.59 Å². The number of nitrogens with one attached hydrogen (secondary N) is 1. The van der Waals surface area contributed by atoms with Crippen molar-refractivity contribution in [3.8, 4) is 11.3 Å². The van der Waals surface area contributed by atoms with Crippen molar-refractivity contribution in [2.24, 2.45) is 5.92 Å². The smallest absolute Gasteiger partial charge is 0.357 e. The van der Waals surface area contributed by atoms with Crippen molar-refractivity contribution in [1.82, 2.24) is 9.97 Å². The molecule has 3 rings (SSSR count). The third-order valence-electron chi connectivity index (χ3n) is 3.88. The number of hydrogen-bond acceptors (Lipinski definition) is 7. The fourth-order valence-electron chi connectivity index (χ4n) is 2.70. The number of rotatable bonds is 6. The van der Waals surface area contributed by atoms with Crippen LogP contribution in [0, 0.1) is 12.8 Å². The predicted molar refractivity (Wildman–Crippen MR) is 112 cm³/mol. The zero-order valence-electron chi connectivity index (χ0n) is 16.1. The molecule has 8 heteroatoms. The fraction of sp³-hybridized carbons (Fsp3) is 0.300. The predicted octanol–water partition coefficient (Wildman–Crippen LogP) is 4.81. The number of thiazole rings is 2. The van der Waals surface area contributed by atoms with Gasteiger partial charge in [-0.2, -0.15) is 0 Å². The van der Waals surface area contributed by atoms with Crippen molar-refractivity contribution in [3.05, 3.63) is 50.8 Å². The summed E-state index contributed by atoms with van der Waals surface area (Å²) in [6.45, 7) is 5.99. The second kappa shape index (κ2) is 8.62. The van der Waals surface area contributed by atoms with Crippen LogP contribution in [0.2, 0.25) is 0 Å². The summed E-state index contributed by atoms with van der Waals surface area (Å²) in [6, 6.07) is 9.58. The van der Waals surface area contributed by atoms with E-state index >= 15 is 0 Å². The third kappa shape index (κ3) is 4.45. The van der Waals surface area contributed by atoms with E-state index in [-0.39, 0.29) is 11.6 Å². The van der Waals surface area contributed by atoms with Crippen molar-refractivity contribution in [2.75, 3.05) is 12.4 Å². The molecule has 0 aliphatic rings. The lowest BCUT2D eigenvalue weighted by atomic mass is 10.1. The van der Waals surface area contributed by atoms with Crippen molar-refractivity contribution in [1.29, 1.82) is 0 Å². The molecule has 3 aromatic rings. The molecule has 0 atom stereocenters. The Morgan fingerprint density at radius 3 is 2.50 bits per heavy atom. The van der Waals surface area contributed by atoms with E-state index in [4.69, 9.17) is 4.74 Å². The molecule has 1 amide bonds. The van der Waals surface area contributed by atoms with Crippen LogP contribution in [0.5, 0.6) is 0 Å². The minimum absolute atomic E-state index is 0.264. The van der Waals surface area contributed by atoms with Crippen molar-refractivity contribution in [2.45, 2.75) is 27.2 Å². The quantitative estimate of drug-likeness (QED) is 0.584. The number of benzene rings is 1. The highest BCUT2D eigenvalue weighted by atomic mass is 32.1. The van der Waals surface area contributed by atoms with Crippen LogP contribution in [0.4, 0.5) is 5.13 Å². The number of methoxy groups -OCH3 is 1. The molecule has 0 fully saturated rings. The normalized spacial score (nSPS) is 10.9. The number of aromatic nitrogens is 2. The summed E-state index contributed by atoms with van der Waals surface area (Å²) in [4.78, 5) is 35.1. The molecule has 0 unspecified atom stereocenters. The van der Waals surface area contributed by atoms with E-state index in [1.165, 1.54) is 29.8 Å². The molecule has 0 aliphatic heterocycles. The molecule has 146 valence electrons. The van der Waals surface area contributed by atoms with E-state index in [1.807, 2.05) is 37.3 Å². The lowest BCUT2D eigenvalue weighted by Crippen LogP contribution is -2.12. The largest absolute Gasteiger partial charge is 0.464 e. The van der Waals surface area contributed by atoms with Crippen LogP contribution in [0.1, 0.15) is 43.9 Å². The maximum absolute atomic E-state index is 12.9. The van der Waals surface area contributed by atoms with E-state index in [2.05, 4.69) is 29.1 Å². The van der Waals surface area contributed by atoms with Crippen LogP contribution in [0.3, 0.4) is 0 Å². The van der Waals surface area contributed by atoms with Gasteiger partial charge in [-0.05, 0) is 19.3 Å². The van der Waals surface area contributed by atoms with Crippen molar-refractivity contribution < 1.29 is 14.3 Å². The maximum Gasteiger partial charge on any atom is 0.357 e. The minimum Gasteiger partial charge on any atom is -0.464 e. The molecule has 6 nitrogen and oxygen atoms in total. The lowest BCUT2D eigenvalue weighted by molar-refractivity contribution is 0.0593. The van der Waals surface area contributed by atoms with Crippen molar-refractivity contribution >= 4 is 39.7 Å². The van der Waals surface area contributed by atoms with Crippen LogP contribution in [-0.4, -0.2) is 29.0 Å². The molecule has 0 aliphatic carbocycles. The zero-order valence-corrected chi connectivity index (χ0v) is 17.7. The van der Waals surface area contributed by atoms with Gasteiger partial charge in [-0.3, -0.25) is 10.1 Å². The van der Waals surface area contributed by atoms with Gasteiger partial charge in [0.15, 0.2) is 10.8 Å². The van der Waals surface area contributed by atoms with Gasteiger partial charge < -0.3 is 4.74 Å². The zero-order chi connectivity index (χ0) is 20.3. The average Bonchev–Trinajstić information content (AvgIpc) is 3.24. The molecular formula is C20H21N3O3S2. The molecule has 0 bridgehead atoms. The van der Waals surface area contributed by atoms with Crippen LogP contribution in [0.15, 0.2) is 30.3 Å². The monoisotopic (exact) mass is 415 g/mol. The van der Waals surface area contributed by atoms with E-state index in [0.29, 0.717) is 28.0 Å². The molecule has 1 aromatic carbocycles. The lowest BCUT2D eigenvalue weighted by Gasteiger charge is -2.03. The van der Waals surface area contributed by atoms with E-state index in [1.54, 1.807) is 0 Å². The summed E-state index contributed by atoms with van der Waals surface area (Å²) in [5, 5.41) is 4.01. The Balaban J connectivity index is 1.90. The van der Waals surface area contributed by atoms with Gasteiger partial charge in [0.2, 0.25) is 0 Å². The summed E-state index contributed by atoms with van der Waals surface area (Å²) < 4.78 is 4.83. The Kier molecular flexibility index (Phi) is 6.21. The van der Waals surface area contributed by atoms with E-state index in [0.717, 1.165) is 15.4 Å². The number of amides is 1. The Morgan fingerprint density at radius 1 is 1.14 bits per heavy atom. The molecule has 1 N–H and O–H groups in total. The number of esters is 1. The van der Waals surface area contributed by atoms with Crippen LogP contribution in [0.25, 0.3) is 11.3 Å². The standard InChI is InChI=1S/C20H21N3O3S2/c1-11(2)10-14-16(19(25)26-4)22-20(28-14)23-18(24)17-15(21-12(3)27-17)13-8-6-5-7-9-13/h5-9,11H,10H2,1-4H3,(H,22,23,24).